The fourth-order valence-electron chi connectivity index (χ4n) is 2.04. The fraction of sp³-hybridized carbons (Fsp3) is 0.176. The van der Waals surface area contributed by atoms with Crippen molar-refractivity contribution in [3.8, 4) is 0 Å². The second kappa shape index (κ2) is 9.11. The van der Waals surface area contributed by atoms with Crippen molar-refractivity contribution in [3.05, 3.63) is 64.7 Å². The van der Waals surface area contributed by atoms with Crippen LogP contribution in [0.15, 0.2) is 48.5 Å². The van der Waals surface area contributed by atoms with Crippen LogP contribution >= 0.6 is 58.6 Å². The van der Waals surface area contributed by atoms with E-state index in [1.54, 1.807) is 24.3 Å². The molecule has 0 aliphatic heterocycles. The van der Waals surface area contributed by atoms with Crippen LogP contribution in [-0.4, -0.2) is 21.0 Å². The predicted octanol–water partition coefficient (Wildman–Crippen LogP) is 5.06. The van der Waals surface area contributed by atoms with Gasteiger partial charge in [0.2, 0.25) is 3.79 Å². The van der Waals surface area contributed by atoms with Crippen molar-refractivity contribution < 1.29 is 4.79 Å². The summed E-state index contributed by atoms with van der Waals surface area (Å²) in [4.78, 5) is 12.4. The van der Waals surface area contributed by atoms with E-state index < -0.39 is 15.9 Å². The number of thiocarbonyl (C=S) groups is 1. The minimum atomic E-state index is -1.83. The van der Waals surface area contributed by atoms with Crippen molar-refractivity contribution in [1.29, 1.82) is 0 Å². The Morgan fingerprint density at radius 2 is 1.73 bits per heavy atom. The molecule has 1 atom stereocenters. The molecule has 0 aromatic heterocycles. The summed E-state index contributed by atoms with van der Waals surface area (Å²) in [6.07, 6.45) is -1.06. The van der Waals surface area contributed by atoms with Crippen molar-refractivity contribution in [2.45, 2.75) is 16.9 Å². The lowest BCUT2D eigenvalue weighted by molar-refractivity contribution is 0.0934. The highest BCUT2D eigenvalue weighted by molar-refractivity contribution is 7.80. The number of carbonyl (C=O) groups is 1. The lowest BCUT2D eigenvalue weighted by Gasteiger charge is -2.27. The summed E-state index contributed by atoms with van der Waals surface area (Å²) in [5.74, 6) is -0.441. The second-order valence-corrected chi connectivity index (χ2v) is 8.64. The first-order valence-electron chi connectivity index (χ1n) is 7.42. The quantitative estimate of drug-likeness (QED) is 0.346. The maximum atomic E-state index is 12.4. The molecule has 0 aliphatic rings. The predicted molar refractivity (Wildman–Crippen MR) is 114 cm³/mol. The third-order valence-corrected chi connectivity index (χ3v) is 4.39. The van der Waals surface area contributed by atoms with E-state index in [0.717, 1.165) is 11.3 Å². The zero-order valence-electron chi connectivity index (χ0n) is 13.5. The molecule has 0 heterocycles. The van der Waals surface area contributed by atoms with Gasteiger partial charge in [0.1, 0.15) is 6.17 Å². The highest BCUT2D eigenvalue weighted by Crippen LogP contribution is 2.29. The molecule has 26 heavy (non-hydrogen) atoms. The Morgan fingerprint density at radius 3 is 2.31 bits per heavy atom. The van der Waals surface area contributed by atoms with Crippen molar-refractivity contribution in [2.75, 3.05) is 5.32 Å². The van der Waals surface area contributed by atoms with E-state index in [2.05, 4.69) is 16.0 Å². The number of anilines is 1. The summed E-state index contributed by atoms with van der Waals surface area (Å²) in [5, 5.41) is 9.10. The molecule has 138 valence electrons. The third kappa shape index (κ3) is 6.49. The number of halogens is 4. The van der Waals surface area contributed by atoms with Crippen LogP contribution in [0, 0.1) is 6.92 Å². The molecule has 2 aromatic rings. The van der Waals surface area contributed by atoms with Crippen molar-refractivity contribution in [2.24, 2.45) is 0 Å². The van der Waals surface area contributed by atoms with Gasteiger partial charge in [0.05, 0.1) is 0 Å². The molecular formula is C17H15Cl4N3OS. The fourth-order valence-corrected chi connectivity index (χ4v) is 2.73. The lowest BCUT2D eigenvalue weighted by atomic mass is 10.2. The van der Waals surface area contributed by atoms with Gasteiger partial charge in [-0.1, -0.05) is 58.5 Å². The number of hydrogen-bond acceptors (Lipinski definition) is 2. The lowest BCUT2D eigenvalue weighted by Crippen LogP contribution is -2.56. The van der Waals surface area contributed by atoms with E-state index >= 15 is 0 Å². The van der Waals surface area contributed by atoms with Gasteiger partial charge in [0.25, 0.3) is 5.91 Å². The van der Waals surface area contributed by atoms with Gasteiger partial charge >= 0.3 is 0 Å². The van der Waals surface area contributed by atoms with E-state index in [-0.39, 0.29) is 5.11 Å². The van der Waals surface area contributed by atoms with E-state index in [1.165, 1.54) is 0 Å². The smallest absolute Gasteiger partial charge is 0.252 e. The van der Waals surface area contributed by atoms with Crippen LogP contribution in [0.1, 0.15) is 15.9 Å². The summed E-state index contributed by atoms with van der Waals surface area (Å²) in [6.45, 7) is 1.96. The van der Waals surface area contributed by atoms with Gasteiger partial charge in [-0.25, -0.2) is 0 Å². The average Bonchev–Trinajstić information content (AvgIpc) is 2.53. The third-order valence-electron chi connectivity index (χ3n) is 3.26. The number of rotatable bonds is 4. The van der Waals surface area contributed by atoms with Crippen LogP contribution in [0.25, 0.3) is 0 Å². The average molecular weight is 451 g/mol. The Morgan fingerprint density at radius 1 is 1.08 bits per heavy atom. The Hall–Kier alpha value is -1.24. The minimum absolute atomic E-state index is 0.198. The van der Waals surface area contributed by atoms with E-state index in [4.69, 9.17) is 58.6 Å². The zero-order chi connectivity index (χ0) is 19.3. The molecule has 0 spiro atoms. The van der Waals surface area contributed by atoms with Crippen molar-refractivity contribution >= 4 is 75.3 Å². The van der Waals surface area contributed by atoms with E-state index in [9.17, 15) is 4.79 Å². The van der Waals surface area contributed by atoms with Crippen LogP contribution in [-0.2, 0) is 0 Å². The maximum Gasteiger partial charge on any atom is 0.252 e. The first-order valence-corrected chi connectivity index (χ1v) is 9.34. The molecular weight excluding hydrogens is 436 g/mol. The maximum absolute atomic E-state index is 12.4. The molecule has 3 N–H and O–H groups in total. The number of carbonyl (C=O) groups excluding carboxylic acids is 1. The second-order valence-electron chi connectivity index (χ2n) is 5.42. The van der Waals surface area contributed by atoms with Gasteiger partial charge in [-0.05, 0) is 61.1 Å². The molecule has 1 amide bonds. The summed E-state index contributed by atoms with van der Waals surface area (Å²) in [6, 6.07) is 13.9. The molecule has 9 heteroatoms. The topological polar surface area (TPSA) is 53.2 Å². The Bertz CT molecular complexity index is 793. The number of nitrogens with one attached hydrogen (secondary N) is 3. The molecule has 0 fully saturated rings. The number of aryl methyl sites for hydroxylation is 1. The molecule has 2 rings (SSSR count). The molecule has 0 aliphatic carbocycles. The van der Waals surface area contributed by atoms with Gasteiger partial charge in [-0.15, -0.1) is 0 Å². The highest BCUT2D eigenvalue weighted by Gasteiger charge is 2.34. The standard InChI is InChI=1S/C17H15Cl4N3OS/c1-10-3-2-4-13(9-10)22-16(26)24-15(17(19,20)21)23-14(25)11-5-7-12(18)8-6-11/h2-9,15H,1H3,(H,23,25)(H2,22,24,26). The van der Waals surface area contributed by atoms with Gasteiger partial charge in [0.15, 0.2) is 5.11 Å². The molecule has 4 nitrogen and oxygen atoms in total. The molecule has 0 saturated carbocycles. The largest absolute Gasteiger partial charge is 0.339 e. The van der Waals surface area contributed by atoms with Crippen LogP contribution in [0.2, 0.25) is 5.02 Å². The number of benzene rings is 2. The van der Waals surface area contributed by atoms with E-state index in [1.807, 2.05) is 31.2 Å². The van der Waals surface area contributed by atoms with Crippen LogP contribution < -0.4 is 16.0 Å². The van der Waals surface area contributed by atoms with Gasteiger partial charge < -0.3 is 16.0 Å². The Balaban J connectivity index is 2.06. The van der Waals surface area contributed by atoms with Gasteiger partial charge in [-0.2, -0.15) is 0 Å². The summed E-state index contributed by atoms with van der Waals surface area (Å²) < 4.78 is -1.83. The first-order chi connectivity index (χ1) is 12.1. The minimum Gasteiger partial charge on any atom is -0.339 e. The summed E-state index contributed by atoms with van der Waals surface area (Å²) in [5.41, 5.74) is 2.20. The number of amides is 1. The van der Waals surface area contributed by atoms with Crippen LogP contribution in [0.5, 0.6) is 0 Å². The van der Waals surface area contributed by atoms with Crippen LogP contribution in [0.3, 0.4) is 0 Å². The molecule has 0 bridgehead atoms. The monoisotopic (exact) mass is 449 g/mol. The van der Waals surface area contributed by atoms with Gasteiger partial charge in [0, 0.05) is 16.3 Å². The normalized spacial score (nSPS) is 12.2. The number of alkyl halides is 3. The summed E-state index contributed by atoms with van der Waals surface area (Å²) >= 11 is 29.0. The van der Waals surface area contributed by atoms with Gasteiger partial charge in [-0.3, -0.25) is 4.79 Å². The van der Waals surface area contributed by atoms with Crippen molar-refractivity contribution in [3.63, 3.8) is 0 Å². The SMILES string of the molecule is Cc1cccc(NC(=S)NC(NC(=O)c2ccc(Cl)cc2)C(Cl)(Cl)Cl)c1. The molecule has 0 saturated heterocycles. The van der Waals surface area contributed by atoms with Crippen LogP contribution in [0.4, 0.5) is 5.69 Å². The Labute approximate surface area is 177 Å². The van der Waals surface area contributed by atoms with E-state index in [0.29, 0.717) is 10.6 Å². The zero-order valence-corrected chi connectivity index (χ0v) is 17.4. The molecule has 1 unspecified atom stereocenters. The molecule has 0 radical (unpaired) electrons. The van der Waals surface area contributed by atoms with Crippen molar-refractivity contribution in [1.82, 2.24) is 10.6 Å². The Kier molecular flexibility index (Phi) is 7.38. The first kappa shape index (κ1) is 21.1. The summed E-state index contributed by atoms with van der Waals surface area (Å²) in [7, 11) is 0. The highest BCUT2D eigenvalue weighted by atomic mass is 35.6. The molecule has 2 aromatic carbocycles. The number of hydrogen-bond donors (Lipinski definition) is 3.